The number of nitrogens with zero attached hydrogens (tertiary/aromatic N) is 1. The van der Waals surface area contributed by atoms with Crippen LogP contribution in [0.25, 0.3) is 0 Å². The molecule has 0 N–H and O–H groups in total. The molecule has 0 aromatic carbocycles. The van der Waals surface area contributed by atoms with Crippen LogP contribution >= 0.6 is 0 Å². The first kappa shape index (κ1) is 14.4. The third-order valence-corrected chi connectivity index (χ3v) is 4.03. The van der Waals surface area contributed by atoms with Crippen LogP contribution in [0.3, 0.4) is 0 Å². The summed E-state index contributed by atoms with van der Waals surface area (Å²) in [6.07, 6.45) is 2.56. The van der Waals surface area contributed by atoms with Gasteiger partial charge in [0.2, 0.25) is 5.91 Å². The van der Waals surface area contributed by atoms with E-state index in [0.717, 1.165) is 19.3 Å². The molecule has 19 heavy (non-hydrogen) atoms. The Morgan fingerprint density at radius 3 is 2.32 bits per heavy atom. The highest BCUT2D eigenvalue weighted by Gasteiger charge is 2.54. The quantitative estimate of drug-likeness (QED) is 0.722. The maximum absolute atomic E-state index is 12.4. The molecule has 2 fully saturated rings. The second-order valence-electron chi connectivity index (χ2n) is 7.47. The molecule has 0 radical (unpaired) electrons. The van der Waals surface area contributed by atoms with Gasteiger partial charge in [-0.3, -0.25) is 4.79 Å². The van der Waals surface area contributed by atoms with Crippen LogP contribution in [0, 0.1) is 11.3 Å². The van der Waals surface area contributed by atoms with Crippen LogP contribution in [0.15, 0.2) is 0 Å². The average molecular weight is 267 g/mol. The molecule has 1 aliphatic heterocycles. The van der Waals surface area contributed by atoms with E-state index >= 15 is 0 Å². The number of carbonyl (C=O) groups excluding carboxylic acids is 2. The van der Waals surface area contributed by atoms with Crippen molar-refractivity contribution in [1.82, 2.24) is 4.90 Å². The van der Waals surface area contributed by atoms with Crippen molar-refractivity contribution >= 4 is 11.9 Å². The summed E-state index contributed by atoms with van der Waals surface area (Å²) in [6, 6.07) is -0.372. The van der Waals surface area contributed by atoms with Crippen LogP contribution in [0.5, 0.6) is 0 Å². The zero-order valence-electron chi connectivity index (χ0n) is 12.7. The van der Waals surface area contributed by atoms with Crippen molar-refractivity contribution in [2.45, 2.75) is 65.5 Å². The minimum absolute atomic E-state index is 0.0931. The van der Waals surface area contributed by atoms with Crippen LogP contribution in [0.4, 0.5) is 0 Å². The van der Waals surface area contributed by atoms with Gasteiger partial charge >= 0.3 is 5.97 Å². The van der Waals surface area contributed by atoms with Crippen LogP contribution in [-0.2, 0) is 14.3 Å². The van der Waals surface area contributed by atoms with Gasteiger partial charge in [-0.1, -0.05) is 13.8 Å². The summed E-state index contributed by atoms with van der Waals surface area (Å²) in [6.45, 7) is 10.5. The van der Waals surface area contributed by atoms with Gasteiger partial charge in [0.15, 0.2) is 0 Å². The summed E-state index contributed by atoms with van der Waals surface area (Å²) in [5, 5.41) is 0. The molecule has 1 aliphatic carbocycles. The molecule has 2 aliphatic rings. The highest BCUT2D eigenvalue weighted by molar-refractivity contribution is 5.88. The Morgan fingerprint density at radius 2 is 1.84 bits per heavy atom. The SMILES string of the molecule is CC(C)(C)OC(=O)[C@H]1CCCN1C(=O)C1CC1(C)C. The number of carbonyl (C=O) groups is 2. The first-order chi connectivity index (χ1) is 8.62. The second kappa shape index (κ2) is 4.50. The molecule has 1 heterocycles. The lowest BCUT2D eigenvalue weighted by Gasteiger charge is -2.27. The Bertz CT molecular complexity index is 395. The van der Waals surface area contributed by atoms with Crippen LogP contribution in [0.2, 0.25) is 0 Å². The van der Waals surface area contributed by atoms with Crippen molar-refractivity contribution in [3.8, 4) is 0 Å². The second-order valence-corrected chi connectivity index (χ2v) is 7.47. The number of hydrogen-bond acceptors (Lipinski definition) is 3. The maximum atomic E-state index is 12.4. The molecular weight excluding hydrogens is 242 g/mol. The van der Waals surface area contributed by atoms with Crippen molar-refractivity contribution in [3.63, 3.8) is 0 Å². The fraction of sp³-hybridized carbons (Fsp3) is 0.867. The number of hydrogen-bond donors (Lipinski definition) is 0. The molecule has 0 aromatic heterocycles. The molecule has 1 saturated heterocycles. The van der Waals surface area contributed by atoms with Gasteiger partial charge in [-0.15, -0.1) is 0 Å². The molecule has 2 atom stereocenters. The van der Waals surface area contributed by atoms with E-state index in [4.69, 9.17) is 4.74 Å². The molecule has 4 nitrogen and oxygen atoms in total. The topological polar surface area (TPSA) is 46.6 Å². The zero-order valence-corrected chi connectivity index (χ0v) is 12.7. The normalized spacial score (nSPS) is 29.2. The lowest BCUT2D eigenvalue weighted by Crippen LogP contribution is -2.44. The Balaban J connectivity index is 2.01. The average Bonchev–Trinajstić information content (AvgIpc) is 2.73. The van der Waals surface area contributed by atoms with E-state index in [0.29, 0.717) is 6.54 Å². The lowest BCUT2D eigenvalue weighted by molar-refractivity contribution is -0.163. The molecular formula is C15H25NO3. The molecule has 0 aromatic rings. The van der Waals surface area contributed by atoms with Gasteiger partial charge in [-0.25, -0.2) is 4.79 Å². The first-order valence-electron chi connectivity index (χ1n) is 7.15. The molecule has 0 bridgehead atoms. The standard InChI is InChI=1S/C15H25NO3/c1-14(2,3)19-13(18)11-7-6-8-16(11)12(17)10-9-15(10,4)5/h10-11H,6-9H2,1-5H3/t10?,11-/m1/s1. The van der Waals surface area contributed by atoms with Gasteiger partial charge in [-0.2, -0.15) is 0 Å². The molecule has 1 amide bonds. The highest BCUT2D eigenvalue weighted by Crippen LogP contribution is 2.53. The third kappa shape index (κ3) is 3.10. The van der Waals surface area contributed by atoms with Crippen LogP contribution in [0.1, 0.15) is 53.9 Å². The summed E-state index contributed by atoms with van der Waals surface area (Å²) < 4.78 is 5.42. The summed E-state index contributed by atoms with van der Waals surface area (Å²) >= 11 is 0. The van der Waals surface area contributed by atoms with E-state index in [1.165, 1.54) is 0 Å². The summed E-state index contributed by atoms with van der Waals surface area (Å²) in [7, 11) is 0. The van der Waals surface area contributed by atoms with Crippen molar-refractivity contribution in [2.24, 2.45) is 11.3 Å². The molecule has 1 saturated carbocycles. The van der Waals surface area contributed by atoms with E-state index in [1.54, 1.807) is 4.90 Å². The number of rotatable bonds is 2. The van der Waals surface area contributed by atoms with Crippen molar-refractivity contribution in [2.75, 3.05) is 6.54 Å². The minimum atomic E-state index is -0.493. The molecule has 2 rings (SSSR count). The van der Waals surface area contributed by atoms with Gasteiger partial charge in [-0.05, 0) is 45.4 Å². The Morgan fingerprint density at radius 1 is 1.26 bits per heavy atom. The molecule has 4 heteroatoms. The summed E-state index contributed by atoms with van der Waals surface area (Å²) in [5.74, 6) is -0.0225. The first-order valence-corrected chi connectivity index (χ1v) is 7.15. The number of esters is 1. The Labute approximate surface area is 115 Å². The van der Waals surface area contributed by atoms with Gasteiger partial charge < -0.3 is 9.64 Å². The van der Waals surface area contributed by atoms with E-state index in [1.807, 2.05) is 20.8 Å². The van der Waals surface area contributed by atoms with Gasteiger partial charge in [0.25, 0.3) is 0 Å². The number of amides is 1. The van der Waals surface area contributed by atoms with Crippen molar-refractivity contribution < 1.29 is 14.3 Å². The maximum Gasteiger partial charge on any atom is 0.329 e. The van der Waals surface area contributed by atoms with E-state index in [9.17, 15) is 9.59 Å². The Kier molecular flexibility index (Phi) is 3.40. The molecule has 0 spiro atoms. The fourth-order valence-electron chi connectivity index (χ4n) is 2.73. The summed E-state index contributed by atoms with van der Waals surface area (Å²) in [5.41, 5.74) is -0.384. The fourth-order valence-corrected chi connectivity index (χ4v) is 2.73. The minimum Gasteiger partial charge on any atom is -0.458 e. The van der Waals surface area contributed by atoms with Gasteiger partial charge in [0.1, 0.15) is 11.6 Å². The number of likely N-dealkylation sites (tertiary alicyclic amines) is 1. The zero-order chi connectivity index (χ0) is 14.4. The van der Waals surface area contributed by atoms with E-state index in [-0.39, 0.29) is 29.3 Å². The third-order valence-electron chi connectivity index (χ3n) is 4.03. The van der Waals surface area contributed by atoms with Crippen molar-refractivity contribution in [3.05, 3.63) is 0 Å². The van der Waals surface area contributed by atoms with Gasteiger partial charge in [0.05, 0.1) is 0 Å². The van der Waals surface area contributed by atoms with Gasteiger partial charge in [0, 0.05) is 12.5 Å². The smallest absolute Gasteiger partial charge is 0.329 e. The predicted molar refractivity (Wildman–Crippen MR) is 72.5 cm³/mol. The van der Waals surface area contributed by atoms with E-state index in [2.05, 4.69) is 13.8 Å². The predicted octanol–water partition coefficient (Wildman–Crippen LogP) is 2.37. The lowest BCUT2D eigenvalue weighted by atomic mass is 10.1. The molecule has 1 unspecified atom stereocenters. The highest BCUT2D eigenvalue weighted by atomic mass is 16.6. The number of ether oxygens (including phenoxy) is 1. The monoisotopic (exact) mass is 267 g/mol. The van der Waals surface area contributed by atoms with Crippen molar-refractivity contribution in [1.29, 1.82) is 0 Å². The van der Waals surface area contributed by atoms with Crippen LogP contribution in [-0.4, -0.2) is 35.0 Å². The Hall–Kier alpha value is -1.06. The van der Waals surface area contributed by atoms with E-state index < -0.39 is 5.60 Å². The molecule has 108 valence electrons. The summed E-state index contributed by atoms with van der Waals surface area (Å²) in [4.78, 5) is 26.3. The van der Waals surface area contributed by atoms with Crippen LogP contribution < -0.4 is 0 Å². The largest absolute Gasteiger partial charge is 0.458 e.